The number of amides is 1. The molecule has 21 heavy (non-hydrogen) atoms. The van der Waals surface area contributed by atoms with E-state index in [1.165, 1.54) is 50.5 Å². The Kier molecular flexibility index (Phi) is 4.68. The molecule has 1 aromatic rings. The van der Waals surface area contributed by atoms with E-state index in [1.807, 2.05) is 24.3 Å². The Morgan fingerprint density at radius 2 is 1.62 bits per heavy atom. The zero-order valence-electron chi connectivity index (χ0n) is 12.6. The van der Waals surface area contributed by atoms with Crippen LogP contribution in [0.1, 0.15) is 60.9 Å². The first kappa shape index (κ1) is 15.1. The van der Waals surface area contributed by atoms with E-state index in [2.05, 4.69) is 20.8 Å². The van der Waals surface area contributed by atoms with Crippen molar-refractivity contribution in [2.45, 2.75) is 50.3 Å². The first-order valence-electron chi connectivity index (χ1n) is 8.17. The van der Waals surface area contributed by atoms with Crippen LogP contribution >= 0.6 is 15.9 Å². The highest BCUT2D eigenvalue weighted by Crippen LogP contribution is 2.44. The highest BCUT2D eigenvalue weighted by Gasteiger charge is 2.36. The first-order chi connectivity index (χ1) is 10.2. The van der Waals surface area contributed by atoms with Gasteiger partial charge in [0.2, 0.25) is 0 Å². The summed E-state index contributed by atoms with van der Waals surface area (Å²) >= 11 is 3.44. The minimum atomic E-state index is 0.210. The van der Waals surface area contributed by atoms with Gasteiger partial charge in [-0.1, -0.05) is 47.3 Å². The second-order valence-electron chi connectivity index (χ2n) is 6.68. The molecule has 0 radical (unpaired) electrons. The number of halogens is 1. The van der Waals surface area contributed by atoms with Crippen LogP contribution in [0.5, 0.6) is 0 Å². The van der Waals surface area contributed by atoms with Crippen LogP contribution in [0.25, 0.3) is 0 Å². The molecule has 2 nitrogen and oxygen atoms in total. The van der Waals surface area contributed by atoms with Crippen molar-refractivity contribution in [3.05, 3.63) is 35.4 Å². The molecule has 0 aromatic heterocycles. The molecule has 1 aliphatic heterocycles. The highest BCUT2D eigenvalue weighted by molar-refractivity contribution is 9.08. The second-order valence-corrected chi connectivity index (χ2v) is 7.24. The fourth-order valence-corrected chi connectivity index (χ4v) is 4.28. The number of benzene rings is 1. The third-order valence-corrected chi connectivity index (χ3v) is 6.03. The monoisotopic (exact) mass is 349 g/mol. The SMILES string of the molecule is O=C(c1ccc(CBr)cc1)N1CCC2(CCCCC2)CC1. The van der Waals surface area contributed by atoms with Crippen LogP contribution in [0, 0.1) is 5.41 Å². The van der Waals surface area contributed by atoms with Gasteiger partial charge in [0, 0.05) is 24.0 Å². The van der Waals surface area contributed by atoms with Gasteiger partial charge in [0.1, 0.15) is 0 Å². The number of carbonyl (C=O) groups excluding carboxylic acids is 1. The Labute approximate surface area is 136 Å². The minimum Gasteiger partial charge on any atom is -0.339 e. The molecule has 0 bridgehead atoms. The summed E-state index contributed by atoms with van der Waals surface area (Å²) in [6.45, 7) is 1.89. The number of nitrogens with zero attached hydrogens (tertiary/aromatic N) is 1. The van der Waals surface area contributed by atoms with Crippen LogP contribution in [0.2, 0.25) is 0 Å². The van der Waals surface area contributed by atoms with E-state index in [1.54, 1.807) is 0 Å². The smallest absolute Gasteiger partial charge is 0.253 e. The number of likely N-dealkylation sites (tertiary alicyclic amines) is 1. The molecule has 1 aromatic carbocycles. The van der Waals surface area contributed by atoms with Gasteiger partial charge in [0.25, 0.3) is 5.91 Å². The Balaban J connectivity index is 1.61. The zero-order chi connectivity index (χ0) is 14.7. The Morgan fingerprint density at radius 1 is 1.00 bits per heavy atom. The van der Waals surface area contributed by atoms with Crippen LogP contribution in [0.4, 0.5) is 0 Å². The quantitative estimate of drug-likeness (QED) is 0.704. The number of piperidine rings is 1. The summed E-state index contributed by atoms with van der Waals surface area (Å²) in [4.78, 5) is 14.6. The average Bonchev–Trinajstić information content (AvgIpc) is 2.56. The molecule has 114 valence electrons. The van der Waals surface area contributed by atoms with Crippen molar-refractivity contribution in [2.24, 2.45) is 5.41 Å². The minimum absolute atomic E-state index is 0.210. The molecule has 1 amide bonds. The Morgan fingerprint density at radius 3 is 2.19 bits per heavy atom. The first-order valence-corrected chi connectivity index (χ1v) is 9.29. The predicted molar refractivity (Wildman–Crippen MR) is 89.7 cm³/mol. The molecular formula is C18H24BrNO. The van der Waals surface area contributed by atoms with E-state index < -0.39 is 0 Å². The van der Waals surface area contributed by atoms with Crippen LogP contribution in [-0.2, 0) is 5.33 Å². The summed E-state index contributed by atoms with van der Waals surface area (Å²) in [5.74, 6) is 0.210. The van der Waals surface area contributed by atoms with E-state index >= 15 is 0 Å². The number of hydrogen-bond donors (Lipinski definition) is 0. The van der Waals surface area contributed by atoms with Gasteiger partial charge in [-0.2, -0.15) is 0 Å². The van der Waals surface area contributed by atoms with Crippen LogP contribution in [0.15, 0.2) is 24.3 Å². The molecule has 1 spiro atoms. The molecule has 1 saturated carbocycles. The topological polar surface area (TPSA) is 20.3 Å². The van der Waals surface area contributed by atoms with Gasteiger partial charge in [-0.15, -0.1) is 0 Å². The number of carbonyl (C=O) groups is 1. The Hall–Kier alpha value is -0.830. The average molecular weight is 350 g/mol. The summed E-state index contributed by atoms with van der Waals surface area (Å²) < 4.78 is 0. The standard InChI is InChI=1S/C18H24BrNO/c19-14-15-4-6-16(7-5-15)17(21)20-12-10-18(11-13-20)8-2-1-3-9-18/h4-7H,1-3,8-14H2. The van der Waals surface area contributed by atoms with Gasteiger partial charge in [-0.05, 0) is 48.8 Å². The molecular weight excluding hydrogens is 326 g/mol. The van der Waals surface area contributed by atoms with E-state index in [0.29, 0.717) is 5.41 Å². The highest BCUT2D eigenvalue weighted by atomic mass is 79.9. The molecule has 1 aliphatic carbocycles. The molecule has 0 N–H and O–H groups in total. The molecule has 0 atom stereocenters. The molecule has 0 unspecified atom stereocenters. The molecule has 2 aliphatic rings. The van der Waals surface area contributed by atoms with Crippen molar-refractivity contribution in [1.29, 1.82) is 0 Å². The number of hydrogen-bond acceptors (Lipinski definition) is 1. The van der Waals surface area contributed by atoms with Gasteiger partial charge >= 0.3 is 0 Å². The number of alkyl halides is 1. The summed E-state index contributed by atoms with van der Waals surface area (Å²) in [5, 5.41) is 0.841. The molecule has 2 fully saturated rings. The lowest BCUT2D eigenvalue weighted by molar-refractivity contribution is 0.0472. The fraction of sp³-hybridized carbons (Fsp3) is 0.611. The van der Waals surface area contributed by atoms with Gasteiger partial charge in [-0.25, -0.2) is 0 Å². The lowest BCUT2D eigenvalue weighted by atomic mass is 9.68. The van der Waals surface area contributed by atoms with E-state index in [9.17, 15) is 4.79 Å². The molecule has 1 heterocycles. The third-order valence-electron chi connectivity index (χ3n) is 5.38. The molecule has 1 saturated heterocycles. The van der Waals surface area contributed by atoms with Gasteiger partial charge in [0.15, 0.2) is 0 Å². The molecule has 3 heteroatoms. The summed E-state index contributed by atoms with van der Waals surface area (Å²) in [7, 11) is 0. The van der Waals surface area contributed by atoms with Gasteiger partial charge in [-0.3, -0.25) is 4.79 Å². The van der Waals surface area contributed by atoms with Crippen molar-refractivity contribution < 1.29 is 4.79 Å². The van der Waals surface area contributed by atoms with E-state index in [-0.39, 0.29) is 5.91 Å². The van der Waals surface area contributed by atoms with Crippen molar-refractivity contribution >= 4 is 21.8 Å². The van der Waals surface area contributed by atoms with Crippen LogP contribution in [0.3, 0.4) is 0 Å². The maximum atomic E-state index is 12.6. The lowest BCUT2D eigenvalue weighted by Crippen LogP contribution is -2.43. The lowest BCUT2D eigenvalue weighted by Gasteiger charge is -2.44. The van der Waals surface area contributed by atoms with Gasteiger partial charge < -0.3 is 4.90 Å². The van der Waals surface area contributed by atoms with Crippen LogP contribution in [-0.4, -0.2) is 23.9 Å². The fourth-order valence-electron chi connectivity index (χ4n) is 3.90. The maximum Gasteiger partial charge on any atom is 0.253 e. The maximum absolute atomic E-state index is 12.6. The van der Waals surface area contributed by atoms with Crippen molar-refractivity contribution in [2.75, 3.05) is 13.1 Å². The summed E-state index contributed by atoms with van der Waals surface area (Å²) in [6, 6.07) is 8.00. The number of rotatable bonds is 2. The molecule has 3 rings (SSSR count). The van der Waals surface area contributed by atoms with Gasteiger partial charge in [0.05, 0.1) is 0 Å². The van der Waals surface area contributed by atoms with Crippen LogP contribution < -0.4 is 0 Å². The van der Waals surface area contributed by atoms with Crippen molar-refractivity contribution in [1.82, 2.24) is 4.90 Å². The van der Waals surface area contributed by atoms with Crippen molar-refractivity contribution in [3.63, 3.8) is 0 Å². The second kappa shape index (κ2) is 6.51. The van der Waals surface area contributed by atoms with Crippen molar-refractivity contribution in [3.8, 4) is 0 Å². The predicted octanol–water partition coefficient (Wildman–Crippen LogP) is 4.77. The zero-order valence-corrected chi connectivity index (χ0v) is 14.2. The summed E-state index contributed by atoms with van der Waals surface area (Å²) in [5.41, 5.74) is 2.61. The normalized spacial score (nSPS) is 21.5. The Bertz CT molecular complexity index is 480. The van der Waals surface area contributed by atoms with E-state index in [4.69, 9.17) is 0 Å². The largest absolute Gasteiger partial charge is 0.339 e. The van der Waals surface area contributed by atoms with E-state index in [0.717, 1.165) is 24.0 Å². The summed E-state index contributed by atoms with van der Waals surface area (Å²) in [6.07, 6.45) is 9.37. The third kappa shape index (κ3) is 3.33.